The van der Waals surface area contributed by atoms with Crippen LogP contribution in [-0.2, 0) is 11.3 Å². The van der Waals surface area contributed by atoms with Gasteiger partial charge in [-0.05, 0) is 18.9 Å². The van der Waals surface area contributed by atoms with Crippen molar-refractivity contribution in [1.82, 2.24) is 15.5 Å². The third-order valence-electron chi connectivity index (χ3n) is 2.81. The summed E-state index contributed by atoms with van der Waals surface area (Å²) in [4.78, 5) is 0. The molecule has 1 aromatic heterocycles. The van der Waals surface area contributed by atoms with E-state index < -0.39 is 0 Å². The zero-order valence-corrected chi connectivity index (χ0v) is 9.04. The van der Waals surface area contributed by atoms with Crippen LogP contribution in [0.1, 0.15) is 31.4 Å². The molecule has 15 heavy (non-hydrogen) atoms. The summed E-state index contributed by atoms with van der Waals surface area (Å²) in [6.07, 6.45) is 7.48. The average Bonchev–Trinajstić information content (AvgIpc) is 2.88. The molecule has 0 aliphatic heterocycles. The van der Waals surface area contributed by atoms with Gasteiger partial charge in [-0.15, -0.1) is 0 Å². The Bertz CT molecular complexity index is 255. The summed E-state index contributed by atoms with van der Waals surface area (Å²) in [6.45, 7) is 2.57. The third-order valence-corrected chi connectivity index (χ3v) is 2.81. The molecule has 0 amide bonds. The van der Waals surface area contributed by atoms with E-state index >= 15 is 0 Å². The van der Waals surface area contributed by atoms with Gasteiger partial charge in [0.2, 0.25) is 0 Å². The van der Waals surface area contributed by atoms with E-state index in [1.807, 2.05) is 6.07 Å². The van der Waals surface area contributed by atoms with Crippen LogP contribution in [0.5, 0.6) is 0 Å². The number of H-pyrrole nitrogens is 1. The lowest BCUT2D eigenvalue weighted by atomic mass is 10.3. The predicted octanol–water partition coefficient (Wildman–Crippen LogP) is 1.46. The summed E-state index contributed by atoms with van der Waals surface area (Å²) >= 11 is 0. The number of rotatable bonds is 6. The first-order valence-electron chi connectivity index (χ1n) is 5.76. The molecule has 0 spiro atoms. The van der Waals surface area contributed by atoms with Crippen molar-refractivity contribution in [2.75, 3.05) is 13.2 Å². The van der Waals surface area contributed by atoms with E-state index in [2.05, 4.69) is 15.5 Å². The first-order valence-corrected chi connectivity index (χ1v) is 5.76. The van der Waals surface area contributed by atoms with Gasteiger partial charge in [-0.25, -0.2) is 0 Å². The van der Waals surface area contributed by atoms with Gasteiger partial charge in [0.25, 0.3) is 0 Å². The zero-order valence-electron chi connectivity index (χ0n) is 9.04. The summed E-state index contributed by atoms with van der Waals surface area (Å²) < 4.78 is 5.73. The maximum Gasteiger partial charge on any atom is 0.0594 e. The van der Waals surface area contributed by atoms with Crippen molar-refractivity contribution >= 4 is 0 Å². The smallest absolute Gasteiger partial charge is 0.0594 e. The number of ether oxygens (including phenoxy) is 1. The zero-order chi connectivity index (χ0) is 10.3. The van der Waals surface area contributed by atoms with Crippen LogP contribution < -0.4 is 5.32 Å². The van der Waals surface area contributed by atoms with E-state index in [0.29, 0.717) is 6.10 Å². The van der Waals surface area contributed by atoms with Crippen LogP contribution in [0.2, 0.25) is 0 Å². The van der Waals surface area contributed by atoms with Crippen LogP contribution in [-0.4, -0.2) is 29.5 Å². The molecule has 1 heterocycles. The van der Waals surface area contributed by atoms with Gasteiger partial charge in [-0.1, -0.05) is 12.8 Å². The summed E-state index contributed by atoms with van der Waals surface area (Å²) in [5.41, 5.74) is 1.12. The fourth-order valence-electron chi connectivity index (χ4n) is 1.96. The molecule has 0 aromatic carbocycles. The Hall–Kier alpha value is -0.870. The first-order chi connectivity index (χ1) is 7.45. The molecule has 2 N–H and O–H groups in total. The SMILES string of the molecule is c1cc(CNCCOC2CCCC2)[nH]n1. The molecule has 1 aliphatic carbocycles. The lowest BCUT2D eigenvalue weighted by molar-refractivity contribution is 0.0602. The van der Waals surface area contributed by atoms with Crippen LogP contribution in [0.25, 0.3) is 0 Å². The van der Waals surface area contributed by atoms with Gasteiger partial charge in [0.1, 0.15) is 0 Å². The molecule has 0 bridgehead atoms. The number of nitrogens with zero attached hydrogens (tertiary/aromatic N) is 1. The van der Waals surface area contributed by atoms with Gasteiger partial charge < -0.3 is 10.1 Å². The Kier molecular flexibility index (Phi) is 4.17. The summed E-state index contributed by atoms with van der Waals surface area (Å²) in [7, 11) is 0. The minimum atomic E-state index is 0.527. The molecule has 1 saturated carbocycles. The van der Waals surface area contributed by atoms with Crippen molar-refractivity contribution in [3.8, 4) is 0 Å². The molecule has 0 atom stereocenters. The van der Waals surface area contributed by atoms with Gasteiger partial charge in [-0.3, -0.25) is 5.10 Å². The number of aromatic amines is 1. The Morgan fingerprint density at radius 3 is 3.07 bits per heavy atom. The van der Waals surface area contributed by atoms with E-state index in [9.17, 15) is 0 Å². The van der Waals surface area contributed by atoms with Crippen molar-refractivity contribution in [3.05, 3.63) is 18.0 Å². The number of hydrogen-bond acceptors (Lipinski definition) is 3. The molecule has 1 aliphatic rings. The number of aromatic nitrogens is 2. The fourth-order valence-corrected chi connectivity index (χ4v) is 1.96. The topological polar surface area (TPSA) is 49.9 Å². The van der Waals surface area contributed by atoms with Crippen LogP contribution in [0.15, 0.2) is 12.3 Å². The second-order valence-electron chi connectivity index (χ2n) is 4.04. The molecule has 0 radical (unpaired) electrons. The van der Waals surface area contributed by atoms with Crippen LogP contribution in [0.4, 0.5) is 0 Å². The second kappa shape index (κ2) is 5.88. The molecule has 1 aromatic rings. The van der Waals surface area contributed by atoms with E-state index in [-0.39, 0.29) is 0 Å². The Morgan fingerprint density at radius 2 is 2.33 bits per heavy atom. The van der Waals surface area contributed by atoms with Crippen molar-refractivity contribution in [2.24, 2.45) is 0 Å². The van der Waals surface area contributed by atoms with Crippen LogP contribution in [0.3, 0.4) is 0 Å². The van der Waals surface area contributed by atoms with Gasteiger partial charge in [-0.2, -0.15) is 5.10 Å². The third kappa shape index (κ3) is 3.64. The van der Waals surface area contributed by atoms with E-state index in [0.717, 1.165) is 25.4 Å². The maximum atomic E-state index is 5.73. The number of nitrogens with one attached hydrogen (secondary N) is 2. The van der Waals surface area contributed by atoms with Crippen molar-refractivity contribution in [3.63, 3.8) is 0 Å². The monoisotopic (exact) mass is 209 g/mol. The van der Waals surface area contributed by atoms with Crippen LogP contribution in [0, 0.1) is 0 Å². The standard InChI is InChI=1S/C11H19N3O/c1-2-4-11(3-1)15-8-7-12-9-10-5-6-13-14-10/h5-6,11-12H,1-4,7-9H2,(H,13,14). The highest BCUT2D eigenvalue weighted by Crippen LogP contribution is 2.20. The second-order valence-corrected chi connectivity index (χ2v) is 4.04. The van der Waals surface area contributed by atoms with Crippen LogP contribution >= 0.6 is 0 Å². The van der Waals surface area contributed by atoms with Crippen molar-refractivity contribution in [1.29, 1.82) is 0 Å². The predicted molar refractivity (Wildman–Crippen MR) is 58.5 cm³/mol. The minimum absolute atomic E-state index is 0.527. The quantitative estimate of drug-likeness (QED) is 0.697. The lowest BCUT2D eigenvalue weighted by Crippen LogP contribution is -2.22. The van der Waals surface area contributed by atoms with Gasteiger partial charge in [0, 0.05) is 25.0 Å². The molecule has 4 nitrogen and oxygen atoms in total. The largest absolute Gasteiger partial charge is 0.377 e. The van der Waals surface area contributed by atoms with Crippen molar-refractivity contribution < 1.29 is 4.74 Å². The number of hydrogen-bond donors (Lipinski definition) is 2. The fraction of sp³-hybridized carbons (Fsp3) is 0.727. The summed E-state index contributed by atoms with van der Waals surface area (Å²) in [6, 6.07) is 1.98. The van der Waals surface area contributed by atoms with Gasteiger partial charge >= 0.3 is 0 Å². The van der Waals surface area contributed by atoms with Gasteiger partial charge in [0.05, 0.1) is 12.7 Å². The van der Waals surface area contributed by atoms with E-state index in [1.54, 1.807) is 6.20 Å². The molecule has 4 heteroatoms. The average molecular weight is 209 g/mol. The van der Waals surface area contributed by atoms with Crippen molar-refractivity contribution in [2.45, 2.75) is 38.3 Å². The molecule has 0 saturated heterocycles. The Balaban J connectivity index is 1.48. The molecule has 0 unspecified atom stereocenters. The molecular weight excluding hydrogens is 190 g/mol. The molecular formula is C11H19N3O. The highest BCUT2D eigenvalue weighted by Gasteiger charge is 2.14. The lowest BCUT2D eigenvalue weighted by Gasteiger charge is -2.10. The molecule has 2 rings (SSSR count). The first kappa shape index (κ1) is 10.6. The highest BCUT2D eigenvalue weighted by molar-refractivity contribution is 4.96. The Labute approximate surface area is 90.4 Å². The summed E-state index contributed by atoms with van der Waals surface area (Å²) in [5, 5.41) is 10.1. The normalized spacial score (nSPS) is 17.3. The minimum Gasteiger partial charge on any atom is -0.377 e. The highest BCUT2D eigenvalue weighted by atomic mass is 16.5. The maximum absolute atomic E-state index is 5.73. The summed E-state index contributed by atoms with van der Waals surface area (Å²) in [5.74, 6) is 0. The Morgan fingerprint density at radius 1 is 1.47 bits per heavy atom. The van der Waals surface area contributed by atoms with Gasteiger partial charge in [0.15, 0.2) is 0 Å². The molecule has 84 valence electrons. The van der Waals surface area contributed by atoms with E-state index in [1.165, 1.54) is 25.7 Å². The van der Waals surface area contributed by atoms with E-state index in [4.69, 9.17) is 4.74 Å². The molecule has 1 fully saturated rings.